The Bertz CT molecular complexity index is 686. The van der Waals surface area contributed by atoms with Crippen molar-refractivity contribution in [1.82, 2.24) is 5.32 Å². The fourth-order valence-corrected chi connectivity index (χ4v) is 2.46. The Morgan fingerprint density at radius 2 is 1.71 bits per heavy atom. The number of hydrogen-bond acceptors (Lipinski definition) is 3. The second-order valence-electron chi connectivity index (χ2n) is 5.34. The van der Waals surface area contributed by atoms with Gasteiger partial charge in [-0.3, -0.25) is 9.59 Å². The molecule has 0 heterocycles. The van der Waals surface area contributed by atoms with Gasteiger partial charge in [-0.05, 0) is 25.1 Å². The Kier molecular flexibility index (Phi) is 6.37. The van der Waals surface area contributed by atoms with E-state index in [2.05, 4.69) is 10.6 Å². The summed E-state index contributed by atoms with van der Waals surface area (Å²) in [6, 6.07) is 16.2. The number of rotatable bonds is 7. The minimum atomic E-state index is -0.450. The van der Waals surface area contributed by atoms with Gasteiger partial charge in [0.05, 0.1) is 19.1 Å². The van der Waals surface area contributed by atoms with E-state index in [-0.39, 0.29) is 18.2 Å². The van der Waals surface area contributed by atoms with Crippen molar-refractivity contribution in [3.05, 3.63) is 60.2 Å². The van der Waals surface area contributed by atoms with Gasteiger partial charge in [0, 0.05) is 18.2 Å². The second kappa shape index (κ2) is 8.72. The van der Waals surface area contributed by atoms with Crippen LogP contribution in [0.25, 0.3) is 0 Å². The first kappa shape index (κ1) is 17.5. The topological polar surface area (TPSA) is 67.4 Å². The van der Waals surface area contributed by atoms with Crippen LogP contribution in [0.3, 0.4) is 0 Å². The predicted molar refractivity (Wildman–Crippen MR) is 93.9 cm³/mol. The molecule has 1 unspecified atom stereocenters. The molecule has 0 saturated heterocycles. The van der Waals surface area contributed by atoms with E-state index in [0.29, 0.717) is 12.4 Å². The second-order valence-corrected chi connectivity index (χ2v) is 5.34. The molecule has 0 aliphatic rings. The maximum absolute atomic E-state index is 12.3. The molecule has 1 atom stereocenters. The van der Waals surface area contributed by atoms with Gasteiger partial charge in [0.25, 0.3) is 0 Å². The third-order valence-electron chi connectivity index (χ3n) is 3.42. The van der Waals surface area contributed by atoms with Crippen LogP contribution in [0.5, 0.6) is 5.75 Å². The predicted octanol–water partition coefficient (Wildman–Crippen LogP) is 3.29. The van der Waals surface area contributed by atoms with Crippen LogP contribution in [0, 0.1) is 0 Å². The first-order valence-electron chi connectivity index (χ1n) is 7.94. The normalized spacial score (nSPS) is 11.4. The lowest BCUT2D eigenvalue weighted by atomic mass is 10.0. The van der Waals surface area contributed by atoms with Gasteiger partial charge in [-0.15, -0.1) is 0 Å². The summed E-state index contributed by atoms with van der Waals surface area (Å²) in [6.07, 6.45) is 0.124. The number of carbonyl (C=O) groups excluding carboxylic acids is 2. The van der Waals surface area contributed by atoms with Crippen LogP contribution in [-0.2, 0) is 9.59 Å². The average Bonchev–Trinajstić information content (AvgIpc) is 2.55. The summed E-state index contributed by atoms with van der Waals surface area (Å²) in [4.78, 5) is 23.9. The molecule has 2 aromatic rings. The molecule has 0 saturated carbocycles. The van der Waals surface area contributed by atoms with E-state index < -0.39 is 6.04 Å². The van der Waals surface area contributed by atoms with Crippen molar-refractivity contribution >= 4 is 17.5 Å². The van der Waals surface area contributed by atoms with Crippen molar-refractivity contribution in [2.75, 3.05) is 11.9 Å². The zero-order valence-corrected chi connectivity index (χ0v) is 13.9. The standard InChI is InChI=1S/C19H22N2O3/c1-3-24-18-12-8-7-11-16(18)17(20-14(2)22)13-19(23)21-15-9-5-4-6-10-15/h4-12,17H,3,13H2,1-2H3,(H,20,22)(H,21,23). The molecular weight excluding hydrogens is 304 g/mol. The summed E-state index contributed by atoms with van der Waals surface area (Å²) in [5, 5.41) is 5.67. The summed E-state index contributed by atoms with van der Waals surface area (Å²) in [6.45, 7) is 3.84. The lowest BCUT2D eigenvalue weighted by Crippen LogP contribution is -2.30. The van der Waals surface area contributed by atoms with E-state index in [9.17, 15) is 9.59 Å². The van der Waals surface area contributed by atoms with Gasteiger partial charge >= 0.3 is 0 Å². The average molecular weight is 326 g/mol. The Morgan fingerprint density at radius 3 is 2.38 bits per heavy atom. The zero-order chi connectivity index (χ0) is 17.4. The summed E-state index contributed by atoms with van der Waals surface area (Å²) in [5.74, 6) is 0.302. The molecule has 0 aliphatic heterocycles. The number of benzene rings is 2. The smallest absolute Gasteiger partial charge is 0.226 e. The Balaban J connectivity index is 2.16. The Morgan fingerprint density at radius 1 is 1.04 bits per heavy atom. The van der Waals surface area contributed by atoms with Crippen LogP contribution in [-0.4, -0.2) is 18.4 Å². The van der Waals surface area contributed by atoms with Crippen LogP contribution >= 0.6 is 0 Å². The number of ether oxygens (including phenoxy) is 1. The molecule has 0 bridgehead atoms. The van der Waals surface area contributed by atoms with Gasteiger partial charge in [-0.1, -0.05) is 36.4 Å². The molecule has 5 heteroatoms. The van der Waals surface area contributed by atoms with Crippen molar-refractivity contribution in [2.45, 2.75) is 26.3 Å². The molecule has 24 heavy (non-hydrogen) atoms. The fourth-order valence-electron chi connectivity index (χ4n) is 2.46. The highest BCUT2D eigenvalue weighted by Gasteiger charge is 2.20. The van der Waals surface area contributed by atoms with Gasteiger partial charge in [0.1, 0.15) is 5.75 Å². The van der Waals surface area contributed by atoms with Crippen LogP contribution in [0.4, 0.5) is 5.69 Å². The van der Waals surface area contributed by atoms with Gasteiger partial charge in [0.2, 0.25) is 11.8 Å². The largest absolute Gasteiger partial charge is 0.494 e. The molecule has 0 fully saturated rings. The van der Waals surface area contributed by atoms with Crippen LogP contribution in [0.1, 0.15) is 31.9 Å². The number of para-hydroxylation sites is 2. The SMILES string of the molecule is CCOc1ccccc1C(CC(=O)Nc1ccccc1)NC(C)=O. The molecule has 2 aromatic carbocycles. The van der Waals surface area contributed by atoms with Crippen molar-refractivity contribution in [3.63, 3.8) is 0 Å². The molecule has 0 radical (unpaired) electrons. The van der Waals surface area contributed by atoms with Gasteiger partial charge < -0.3 is 15.4 Å². The first-order chi connectivity index (χ1) is 11.6. The van der Waals surface area contributed by atoms with Crippen LogP contribution in [0.15, 0.2) is 54.6 Å². The van der Waals surface area contributed by atoms with Crippen LogP contribution in [0.2, 0.25) is 0 Å². The maximum atomic E-state index is 12.3. The van der Waals surface area contributed by atoms with E-state index in [1.165, 1.54) is 6.92 Å². The number of anilines is 1. The maximum Gasteiger partial charge on any atom is 0.226 e. The summed E-state index contributed by atoms with van der Waals surface area (Å²) >= 11 is 0. The highest BCUT2D eigenvalue weighted by atomic mass is 16.5. The lowest BCUT2D eigenvalue weighted by molar-refractivity contribution is -0.120. The zero-order valence-electron chi connectivity index (χ0n) is 13.9. The minimum absolute atomic E-state index is 0.124. The summed E-state index contributed by atoms with van der Waals surface area (Å²) in [5.41, 5.74) is 1.51. The molecule has 0 aliphatic carbocycles. The van der Waals surface area contributed by atoms with E-state index in [1.807, 2.05) is 61.5 Å². The molecule has 126 valence electrons. The van der Waals surface area contributed by atoms with Crippen molar-refractivity contribution < 1.29 is 14.3 Å². The van der Waals surface area contributed by atoms with Crippen molar-refractivity contribution in [2.24, 2.45) is 0 Å². The van der Waals surface area contributed by atoms with E-state index in [4.69, 9.17) is 4.74 Å². The van der Waals surface area contributed by atoms with Crippen molar-refractivity contribution in [3.8, 4) is 5.75 Å². The molecule has 2 N–H and O–H groups in total. The van der Waals surface area contributed by atoms with Gasteiger partial charge in [-0.2, -0.15) is 0 Å². The molecule has 0 spiro atoms. The Hall–Kier alpha value is -2.82. The number of nitrogens with one attached hydrogen (secondary N) is 2. The molecule has 0 aromatic heterocycles. The monoisotopic (exact) mass is 326 g/mol. The number of carbonyl (C=O) groups is 2. The third kappa shape index (κ3) is 5.12. The van der Waals surface area contributed by atoms with E-state index in [0.717, 1.165) is 11.3 Å². The number of hydrogen-bond donors (Lipinski definition) is 2. The van der Waals surface area contributed by atoms with Crippen LogP contribution < -0.4 is 15.4 Å². The lowest BCUT2D eigenvalue weighted by Gasteiger charge is -2.21. The van der Waals surface area contributed by atoms with Crippen molar-refractivity contribution in [1.29, 1.82) is 0 Å². The molecule has 5 nitrogen and oxygen atoms in total. The number of amides is 2. The third-order valence-corrected chi connectivity index (χ3v) is 3.42. The highest BCUT2D eigenvalue weighted by molar-refractivity contribution is 5.91. The fraction of sp³-hybridized carbons (Fsp3) is 0.263. The Labute approximate surface area is 142 Å². The summed E-state index contributed by atoms with van der Waals surface area (Å²) < 4.78 is 5.62. The van der Waals surface area contributed by atoms with E-state index in [1.54, 1.807) is 0 Å². The summed E-state index contributed by atoms with van der Waals surface area (Å²) in [7, 11) is 0. The van der Waals surface area contributed by atoms with Gasteiger partial charge in [0.15, 0.2) is 0 Å². The quantitative estimate of drug-likeness (QED) is 0.820. The van der Waals surface area contributed by atoms with Gasteiger partial charge in [-0.25, -0.2) is 0 Å². The highest BCUT2D eigenvalue weighted by Crippen LogP contribution is 2.27. The molecule has 2 amide bonds. The van der Waals surface area contributed by atoms with E-state index >= 15 is 0 Å². The first-order valence-corrected chi connectivity index (χ1v) is 7.94. The molecule has 2 rings (SSSR count). The minimum Gasteiger partial charge on any atom is -0.494 e. The molecular formula is C19H22N2O3.